The molecule has 2 aromatic heterocycles. The molecule has 1 unspecified atom stereocenters. The molecule has 1 aliphatic heterocycles. The number of carbonyl (C=O) groups is 1. The second-order valence-corrected chi connectivity index (χ2v) is 8.61. The zero-order valence-corrected chi connectivity index (χ0v) is 17.0. The first-order valence-electron chi connectivity index (χ1n) is 9.85. The number of nitrogens with zero attached hydrogens (tertiary/aromatic N) is 4. The van der Waals surface area contributed by atoms with E-state index in [1.54, 1.807) is 6.26 Å². The van der Waals surface area contributed by atoms with Crippen LogP contribution < -0.4 is 0 Å². The summed E-state index contributed by atoms with van der Waals surface area (Å²) >= 11 is 1.92. The molecular weight excluding hydrogens is 360 g/mol. The maximum Gasteiger partial charge on any atom is 0.274 e. The number of fused-ring (bicyclic) bond motifs is 1. The molecule has 6 nitrogen and oxygen atoms in total. The van der Waals surface area contributed by atoms with Gasteiger partial charge in [-0.3, -0.25) is 14.4 Å². The zero-order chi connectivity index (χ0) is 18.8. The molecule has 146 valence electrons. The van der Waals surface area contributed by atoms with Crippen molar-refractivity contribution in [1.82, 2.24) is 19.6 Å². The van der Waals surface area contributed by atoms with Crippen LogP contribution in [0, 0.1) is 0 Å². The van der Waals surface area contributed by atoms with E-state index in [9.17, 15) is 4.79 Å². The maximum atomic E-state index is 13.1. The van der Waals surface area contributed by atoms with E-state index >= 15 is 0 Å². The fourth-order valence-electron chi connectivity index (χ4n) is 4.17. The van der Waals surface area contributed by atoms with Crippen LogP contribution in [0.4, 0.5) is 0 Å². The fourth-order valence-corrected chi connectivity index (χ4v) is 5.08. The zero-order valence-electron chi connectivity index (χ0n) is 16.2. The Morgan fingerprint density at radius 3 is 2.93 bits per heavy atom. The van der Waals surface area contributed by atoms with Gasteiger partial charge in [0.25, 0.3) is 5.91 Å². The molecule has 0 saturated carbocycles. The third kappa shape index (κ3) is 3.80. The molecule has 4 rings (SSSR count). The Kier molecular flexibility index (Phi) is 5.59. The smallest absolute Gasteiger partial charge is 0.274 e. The lowest BCUT2D eigenvalue weighted by Gasteiger charge is -2.31. The fraction of sp³-hybridized carbons (Fsp3) is 0.600. The van der Waals surface area contributed by atoms with Crippen LogP contribution in [0.3, 0.4) is 0 Å². The normalized spacial score (nSPS) is 20.1. The number of amides is 1. The number of aryl methyl sites for hydroxylation is 1. The van der Waals surface area contributed by atoms with Gasteiger partial charge in [0, 0.05) is 48.4 Å². The molecule has 2 aliphatic rings. The van der Waals surface area contributed by atoms with Crippen molar-refractivity contribution >= 4 is 17.7 Å². The van der Waals surface area contributed by atoms with Crippen molar-refractivity contribution < 1.29 is 9.21 Å². The molecule has 0 radical (unpaired) electrons. The van der Waals surface area contributed by atoms with E-state index in [2.05, 4.69) is 18.9 Å². The van der Waals surface area contributed by atoms with Gasteiger partial charge in [0.1, 0.15) is 5.76 Å². The first-order valence-corrected chi connectivity index (χ1v) is 11.0. The van der Waals surface area contributed by atoms with Gasteiger partial charge in [-0.1, -0.05) is 0 Å². The second kappa shape index (κ2) is 8.10. The lowest BCUT2D eigenvalue weighted by Crippen LogP contribution is -2.40. The standard InChI is InChI=1S/C20H28N4O2S/c1-3-24-18-7-6-15(22(2)14-16-5-4-10-26-16)13-17(18)19(21-24)20(25)23-8-11-27-12-9-23/h4-5,10,15H,3,6-9,11-14H2,1-2H3. The number of furan rings is 1. The first-order chi connectivity index (χ1) is 13.2. The van der Waals surface area contributed by atoms with Crippen molar-refractivity contribution in [3.05, 3.63) is 41.1 Å². The lowest BCUT2D eigenvalue weighted by molar-refractivity contribution is 0.0763. The highest BCUT2D eigenvalue weighted by molar-refractivity contribution is 7.99. The van der Waals surface area contributed by atoms with E-state index in [-0.39, 0.29) is 5.91 Å². The number of hydrogen-bond donors (Lipinski definition) is 0. The quantitative estimate of drug-likeness (QED) is 0.788. The Hall–Kier alpha value is -1.73. The highest BCUT2D eigenvalue weighted by Crippen LogP contribution is 2.29. The summed E-state index contributed by atoms with van der Waals surface area (Å²) in [5.41, 5.74) is 3.12. The first kappa shape index (κ1) is 18.6. The molecule has 3 heterocycles. The van der Waals surface area contributed by atoms with Gasteiger partial charge >= 0.3 is 0 Å². The Morgan fingerprint density at radius 1 is 1.41 bits per heavy atom. The van der Waals surface area contributed by atoms with E-state index in [4.69, 9.17) is 9.52 Å². The Labute approximate surface area is 164 Å². The molecule has 0 spiro atoms. The number of hydrogen-bond acceptors (Lipinski definition) is 5. The minimum atomic E-state index is 0.119. The van der Waals surface area contributed by atoms with Gasteiger partial charge in [-0.25, -0.2) is 0 Å². The van der Waals surface area contributed by atoms with Crippen LogP contribution in [-0.4, -0.2) is 63.2 Å². The molecule has 0 N–H and O–H groups in total. The minimum Gasteiger partial charge on any atom is -0.468 e. The summed E-state index contributed by atoms with van der Waals surface area (Å²) < 4.78 is 7.55. The van der Waals surface area contributed by atoms with Gasteiger partial charge in [0.05, 0.1) is 12.8 Å². The number of carbonyl (C=O) groups excluding carboxylic acids is 1. The van der Waals surface area contributed by atoms with Crippen LogP contribution in [0.2, 0.25) is 0 Å². The molecular formula is C20H28N4O2S. The molecule has 1 amide bonds. The predicted molar refractivity (Wildman–Crippen MR) is 107 cm³/mol. The SMILES string of the molecule is CCn1nc(C(=O)N2CCSCC2)c2c1CCC(N(C)Cc1ccco1)C2. The molecule has 1 fully saturated rings. The van der Waals surface area contributed by atoms with Crippen LogP contribution in [0.25, 0.3) is 0 Å². The average molecular weight is 389 g/mol. The molecule has 7 heteroatoms. The van der Waals surface area contributed by atoms with Crippen LogP contribution in [0.5, 0.6) is 0 Å². The third-order valence-corrected chi connectivity index (χ3v) is 6.67. The predicted octanol–water partition coefficient (Wildman–Crippen LogP) is 2.67. The van der Waals surface area contributed by atoms with E-state index < -0.39 is 0 Å². The summed E-state index contributed by atoms with van der Waals surface area (Å²) in [6.45, 7) is 5.38. The summed E-state index contributed by atoms with van der Waals surface area (Å²) in [7, 11) is 2.14. The molecule has 2 aromatic rings. The molecule has 27 heavy (non-hydrogen) atoms. The van der Waals surface area contributed by atoms with Gasteiger partial charge in [0.15, 0.2) is 5.69 Å². The number of thioether (sulfide) groups is 1. The molecule has 1 saturated heterocycles. The van der Waals surface area contributed by atoms with E-state index in [1.807, 2.05) is 33.5 Å². The van der Waals surface area contributed by atoms with Crippen molar-refractivity contribution in [2.45, 2.75) is 45.3 Å². The van der Waals surface area contributed by atoms with E-state index in [1.165, 1.54) is 11.3 Å². The highest BCUT2D eigenvalue weighted by atomic mass is 32.2. The van der Waals surface area contributed by atoms with Crippen LogP contribution in [-0.2, 0) is 25.9 Å². The molecule has 1 aliphatic carbocycles. The largest absolute Gasteiger partial charge is 0.468 e. The van der Waals surface area contributed by atoms with Crippen LogP contribution >= 0.6 is 11.8 Å². The third-order valence-electron chi connectivity index (χ3n) is 5.73. The van der Waals surface area contributed by atoms with Crippen molar-refractivity contribution in [2.75, 3.05) is 31.6 Å². The maximum absolute atomic E-state index is 13.1. The van der Waals surface area contributed by atoms with Gasteiger partial charge in [-0.2, -0.15) is 16.9 Å². The van der Waals surface area contributed by atoms with Crippen molar-refractivity contribution in [3.63, 3.8) is 0 Å². The van der Waals surface area contributed by atoms with Crippen molar-refractivity contribution in [1.29, 1.82) is 0 Å². The Balaban J connectivity index is 1.55. The Morgan fingerprint density at radius 2 is 2.22 bits per heavy atom. The molecule has 1 atom stereocenters. The molecule has 0 bridgehead atoms. The van der Waals surface area contributed by atoms with Crippen LogP contribution in [0.15, 0.2) is 22.8 Å². The monoisotopic (exact) mass is 388 g/mol. The minimum absolute atomic E-state index is 0.119. The average Bonchev–Trinajstić information content (AvgIpc) is 3.35. The highest BCUT2D eigenvalue weighted by Gasteiger charge is 2.32. The van der Waals surface area contributed by atoms with Gasteiger partial charge in [0.2, 0.25) is 0 Å². The van der Waals surface area contributed by atoms with Gasteiger partial charge < -0.3 is 9.32 Å². The number of aromatic nitrogens is 2. The summed E-state index contributed by atoms with van der Waals surface area (Å²) in [5.74, 6) is 3.15. The topological polar surface area (TPSA) is 54.5 Å². The Bertz CT molecular complexity index is 780. The summed E-state index contributed by atoms with van der Waals surface area (Å²) in [4.78, 5) is 17.5. The van der Waals surface area contributed by atoms with E-state index in [0.29, 0.717) is 11.7 Å². The summed E-state index contributed by atoms with van der Waals surface area (Å²) in [6.07, 6.45) is 4.67. The number of rotatable bonds is 5. The lowest BCUT2D eigenvalue weighted by atomic mass is 9.90. The number of likely N-dealkylation sites (N-methyl/N-ethyl adjacent to an activating group) is 1. The van der Waals surface area contributed by atoms with Gasteiger partial charge in [-0.15, -0.1) is 0 Å². The molecule has 0 aromatic carbocycles. The van der Waals surface area contributed by atoms with Crippen molar-refractivity contribution in [3.8, 4) is 0 Å². The summed E-state index contributed by atoms with van der Waals surface area (Å²) in [6, 6.07) is 4.35. The summed E-state index contributed by atoms with van der Waals surface area (Å²) in [5, 5.41) is 4.74. The van der Waals surface area contributed by atoms with E-state index in [0.717, 1.165) is 62.7 Å². The second-order valence-electron chi connectivity index (χ2n) is 7.39. The van der Waals surface area contributed by atoms with Crippen molar-refractivity contribution in [2.24, 2.45) is 0 Å². The van der Waals surface area contributed by atoms with Gasteiger partial charge in [-0.05, 0) is 45.4 Å². The van der Waals surface area contributed by atoms with Crippen LogP contribution in [0.1, 0.15) is 40.9 Å².